The van der Waals surface area contributed by atoms with E-state index in [0.29, 0.717) is 0 Å². The van der Waals surface area contributed by atoms with E-state index in [-0.39, 0.29) is 22.3 Å². The second kappa shape index (κ2) is 5.61. The molecule has 0 aromatic heterocycles. The molecule has 0 fully saturated rings. The van der Waals surface area contributed by atoms with Crippen LogP contribution in [-0.4, -0.2) is 30.4 Å². The Hall–Kier alpha value is -3.08. The van der Waals surface area contributed by atoms with Crippen molar-refractivity contribution >= 4 is 23.3 Å². The van der Waals surface area contributed by atoms with Crippen molar-refractivity contribution in [2.75, 3.05) is 7.11 Å². The molecule has 1 aliphatic rings. The average Bonchev–Trinajstić information content (AvgIpc) is 2.85. The summed E-state index contributed by atoms with van der Waals surface area (Å²) >= 11 is 0. The fourth-order valence-electron chi connectivity index (χ4n) is 2.64. The molecule has 114 valence electrons. The molecule has 5 nitrogen and oxygen atoms in total. The highest BCUT2D eigenvalue weighted by Crippen LogP contribution is 2.29. The van der Waals surface area contributed by atoms with Gasteiger partial charge in [-0.2, -0.15) is 0 Å². The number of benzene rings is 2. The summed E-state index contributed by atoms with van der Waals surface area (Å²) < 4.78 is 4.58. The third-order valence-electron chi connectivity index (χ3n) is 3.84. The molecule has 0 bridgehead atoms. The van der Waals surface area contributed by atoms with Gasteiger partial charge in [0.05, 0.1) is 12.7 Å². The smallest absolute Gasteiger partial charge is 0.337 e. The zero-order valence-corrected chi connectivity index (χ0v) is 12.2. The van der Waals surface area contributed by atoms with Crippen molar-refractivity contribution in [3.05, 3.63) is 70.8 Å². The molecule has 3 rings (SSSR count). The Morgan fingerprint density at radius 1 is 0.826 bits per heavy atom. The lowest BCUT2D eigenvalue weighted by atomic mass is 9.93. The number of hydrogen-bond donors (Lipinski definition) is 0. The minimum Gasteiger partial charge on any atom is -0.465 e. The molecule has 0 atom stereocenters. The van der Waals surface area contributed by atoms with Crippen LogP contribution >= 0.6 is 0 Å². The molecule has 0 N–H and O–H groups in total. The zero-order chi connectivity index (χ0) is 16.6. The van der Waals surface area contributed by atoms with Crippen molar-refractivity contribution in [3.8, 4) is 0 Å². The molecular formula is C18H12O5. The summed E-state index contributed by atoms with van der Waals surface area (Å²) in [5.74, 6) is -3.38. The zero-order valence-electron chi connectivity index (χ0n) is 12.2. The maximum atomic E-state index is 12.5. The normalized spacial score (nSPS) is 13.8. The second-order valence-corrected chi connectivity index (χ2v) is 5.14. The standard InChI is InChI=1S/C18H12O5/c1-23-18(22)11-8-6-10(7-9-11)15(19)14-16(20)12-4-2-3-5-13(12)17(14)21/h2-9,14H,1H3. The van der Waals surface area contributed by atoms with Crippen LogP contribution in [0.25, 0.3) is 0 Å². The molecule has 0 amide bonds. The summed E-state index contributed by atoms with van der Waals surface area (Å²) in [6.07, 6.45) is 0. The van der Waals surface area contributed by atoms with Gasteiger partial charge in [0.2, 0.25) is 0 Å². The Balaban J connectivity index is 1.91. The first-order valence-corrected chi connectivity index (χ1v) is 6.94. The minimum atomic E-state index is -1.34. The van der Waals surface area contributed by atoms with Crippen LogP contribution in [0.5, 0.6) is 0 Å². The van der Waals surface area contributed by atoms with Crippen LogP contribution in [-0.2, 0) is 4.74 Å². The van der Waals surface area contributed by atoms with E-state index in [1.54, 1.807) is 24.3 Å². The van der Waals surface area contributed by atoms with Crippen LogP contribution in [0.4, 0.5) is 0 Å². The van der Waals surface area contributed by atoms with E-state index < -0.39 is 29.2 Å². The number of hydrogen-bond acceptors (Lipinski definition) is 5. The Kier molecular flexibility index (Phi) is 3.62. The molecule has 2 aromatic rings. The molecule has 0 aliphatic heterocycles. The predicted molar refractivity (Wildman–Crippen MR) is 80.7 cm³/mol. The van der Waals surface area contributed by atoms with Crippen molar-refractivity contribution in [1.82, 2.24) is 0 Å². The number of Topliss-reactive ketones (excluding diaryl/α,β-unsaturated/α-hetero) is 3. The number of carbonyl (C=O) groups is 4. The summed E-state index contributed by atoms with van der Waals surface area (Å²) in [6.45, 7) is 0. The van der Waals surface area contributed by atoms with Gasteiger partial charge in [0, 0.05) is 16.7 Å². The van der Waals surface area contributed by atoms with Crippen molar-refractivity contribution in [1.29, 1.82) is 0 Å². The van der Waals surface area contributed by atoms with Gasteiger partial charge in [0.25, 0.3) is 0 Å². The SMILES string of the molecule is COC(=O)c1ccc(C(=O)C2C(=O)c3ccccc3C2=O)cc1. The average molecular weight is 308 g/mol. The summed E-state index contributed by atoms with van der Waals surface area (Å²) in [7, 11) is 1.26. The predicted octanol–water partition coefficient (Wildman–Crippen LogP) is 2.35. The Morgan fingerprint density at radius 3 is 1.78 bits per heavy atom. The molecule has 1 aliphatic carbocycles. The van der Waals surface area contributed by atoms with Crippen molar-refractivity contribution in [2.24, 2.45) is 5.92 Å². The topological polar surface area (TPSA) is 77.5 Å². The molecular weight excluding hydrogens is 296 g/mol. The van der Waals surface area contributed by atoms with Gasteiger partial charge in [-0.3, -0.25) is 14.4 Å². The minimum absolute atomic E-state index is 0.206. The van der Waals surface area contributed by atoms with E-state index in [9.17, 15) is 19.2 Å². The molecule has 0 radical (unpaired) electrons. The molecule has 0 heterocycles. The molecule has 5 heteroatoms. The maximum Gasteiger partial charge on any atom is 0.337 e. The van der Waals surface area contributed by atoms with Crippen LogP contribution in [0.2, 0.25) is 0 Å². The fourth-order valence-corrected chi connectivity index (χ4v) is 2.64. The Bertz CT molecular complexity index is 798. The van der Waals surface area contributed by atoms with Crippen molar-refractivity contribution in [3.63, 3.8) is 0 Å². The highest BCUT2D eigenvalue weighted by atomic mass is 16.5. The fraction of sp³-hybridized carbons (Fsp3) is 0.111. The lowest BCUT2D eigenvalue weighted by Crippen LogP contribution is -2.25. The molecule has 0 saturated heterocycles. The van der Waals surface area contributed by atoms with Gasteiger partial charge in [0.1, 0.15) is 5.92 Å². The molecule has 0 unspecified atom stereocenters. The maximum absolute atomic E-state index is 12.5. The van der Waals surface area contributed by atoms with Gasteiger partial charge in [-0.25, -0.2) is 4.79 Å². The molecule has 2 aromatic carbocycles. The van der Waals surface area contributed by atoms with Crippen molar-refractivity contribution < 1.29 is 23.9 Å². The Morgan fingerprint density at radius 2 is 1.30 bits per heavy atom. The first-order valence-electron chi connectivity index (χ1n) is 6.94. The number of methoxy groups -OCH3 is 1. The van der Waals surface area contributed by atoms with E-state index in [4.69, 9.17) is 0 Å². The highest BCUT2D eigenvalue weighted by Gasteiger charge is 2.43. The number of fused-ring (bicyclic) bond motifs is 1. The quantitative estimate of drug-likeness (QED) is 0.494. The third-order valence-corrected chi connectivity index (χ3v) is 3.84. The van der Waals surface area contributed by atoms with Gasteiger partial charge >= 0.3 is 5.97 Å². The summed E-state index contributed by atoms with van der Waals surface area (Å²) in [4.78, 5) is 48.6. The first kappa shape index (κ1) is 14.8. The third kappa shape index (κ3) is 2.36. The van der Waals surface area contributed by atoms with E-state index in [0.717, 1.165) is 0 Å². The van der Waals surface area contributed by atoms with Crippen LogP contribution in [0.3, 0.4) is 0 Å². The summed E-state index contributed by atoms with van der Waals surface area (Å²) in [5.41, 5.74) is 1.05. The summed E-state index contributed by atoms with van der Waals surface area (Å²) in [5, 5.41) is 0. The number of esters is 1. The van der Waals surface area contributed by atoms with Gasteiger partial charge in [-0.15, -0.1) is 0 Å². The summed E-state index contributed by atoms with van der Waals surface area (Å²) in [6, 6.07) is 12.1. The molecule has 0 spiro atoms. The monoisotopic (exact) mass is 308 g/mol. The number of ether oxygens (including phenoxy) is 1. The molecule has 23 heavy (non-hydrogen) atoms. The van der Waals surface area contributed by atoms with Crippen molar-refractivity contribution in [2.45, 2.75) is 0 Å². The van der Waals surface area contributed by atoms with Gasteiger partial charge in [-0.05, 0) is 12.1 Å². The van der Waals surface area contributed by atoms with Crippen LogP contribution in [0.1, 0.15) is 41.4 Å². The lowest BCUT2D eigenvalue weighted by Gasteiger charge is -2.07. The van der Waals surface area contributed by atoms with Crippen LogP contribution in [0.15, 0.2) is 48.5 Å². The van der Waals surface area contributed by atoms with Gasteiger partial charge in [0.15, 0.2) is 17.3 Å². The highest BCUT2D eigenvalue weighted by molar-refractivity contribution is 6.37. The Labute approximate surface area is 131 Å². The first-order chi connectivity index (χ1) is 11.0. The van der Waals surface area contributed by atoms with E-state index in [1.807, 2.05) is 0 Å². The van der Waals surface area contributed by atoms with Crippen LogP contribution < -0.4 is 0 Å². The van der Waals surface area contributed by atoms with Crippen LogP contribution in [0, 0.1) is 5.92 Å². The van der Waals surface area contributed by atoms with E-state index >= 15 is 0 Å². The van der Waals surface area contributed by atoms with E-state index in [1.165, 1.54) is 31.4 Å². The molecule has 0 saturated carbocycles. The van der Waals surface area contributed by atoms with Gasteiger partial charge in [-0.1, -0.05) is 36.4 Å². The number of rotatable bonds is 3. The second-order valence-electron chi connectivity index (χ2n) is 5.14. The van der Waals surface area contributed by atoms with E-state index in [2.05, 4.69) is 4.74 Å². The van der Waals surface area contributed by atoms with Gasteiger partial charge < -0.3 is 4.74 Å². The largest absolute Gasteiger partial charge is 0.465 e. The number of ketones is 3. The number of carbonyl (C=O) groups excluding carboxylic acids is 4. The lowest BCUT2D eigenvalue weighted by molar-refractivity contribution is 0.0599.